The van der Waals surface area contributed by atoms with Crippen LogP contribution in [0, 0.1) is 6.92 Å². The molecule has 0 heterocycles. The van der Waals surface area contributed by atoms with Crippen molar-refractivity contribution in [2.75, 3.05) is 0 Å². The van der Waals surface area contributed by atoms with Gasteiger partial charge in [-0.3, -0.25) is 0 Å². The Labute approximate surface area is 111 Å². The predicted molar refractivity (Wildman–Crippen MR) is 74.0 cm³/mol. The molecular formula is C16H14O3. The lowest BCUT2D eigenvalue weighted by Crippen LogP contribution is -2.03. The number of phenols is 1. The van der Waals surface area contributed by atoms with Gasteiger partial charge in [-0.05, 0) is 31.2 Å². The summed E-state index contributed by atoms with van der Waals surface area (Å²) in [7, 11) is 0. The molecule has 0 saturated heterocycles. The molecule has 2 rings (SSSR count). The average molecular weight is 254 g/mol. The van der Waals surface area contributed by atoms with Crippen LogP contribution in [0.1, 0.15) is 11.1 Å². The first-order chi connectivity index (χ1) is 9.15. The van der Waals surface area contributed by atoms with Gasteiger partial charge in [0.25, 0.3) is 0 Å². The van der Waals surface area contributed by atoms with E-state index in [1.807, 2.05) is 19.1 Å². The topological polar surface area (TPSA) is 46.5 Å². The fourth-order valence-corrected chi connectivity index (χ4v) is 1.54. The van der Waals surface area contributed by atoms with Crippen LogP contribution in [0.4, 0.5) is 0 Å². The second-order valence-corrected chi connectivity index (χ2v) is 4.13. The quantitative estimate of drug-likeness (QED) is 0.519. The lowest BCUT2D eigenvalue weighted by molar-refractivity contribution is -0.128. The molecule has 0 fully saturated rings. The molecule has 0 aliphatic carbocycles. The minimum atomic E-state index is -0.480. The lowest BCUT2D eigenvalue weighted by atomic mass is 10.2. The van der Waals surface area contributed by atoms with Crippen LogP contribution in [-0.4, -0.2) is 11.1 Å². The summed E-state index contributed by atoms with van der Waals surface area (Å²) in [5.41, 5.74) is 1.67. The molecule has 3 heteroatoms. The van der Waals surface area contributed by atoms with Crippen LogP contribution in [0.25, 0.3) is 6.08 Å². The molecule has 2 aromatic carbocycles. The fraction of sp³-hybridized carbons (Fsp3) is 0.0625. The number of aromatic hydroxyl groups is 1. The van der Waals surface area contributed by atoms with Gasteiger partial charge in [-0.2, -0.15) is 0 Å². The van der Waals surface area contributed by atoms with E-state index in [2.05, 4.69) is 0 Å². The van der Waals surface area contributed by atoms with Crippen molar-refractivity contribution >= 4 is 12.0 Å². The molecule has 0 unspecified atom stereocenters. The highest BCUT2D eigenvalue weighted by atomic mass is 16.5. The zero-order valence-electron chi connectivity index (χ0n) is 10.5. The Morgan fingerprint density at radius 1 is 1.11 bits per heavy atom. The first kappa shape index (κ1) is 12.9. The van der Waals surface area contributed by atoms with Crippen molar-refractivity contribution in [1.82, 2.24) is 0 Å². The number of carbonyl (C=O) groups is 1. The van der Waals surface area contributed by atoms with E-state index in [1.54, 1.807) is 36.4 Å². The Balaban J connectivity index is 2.02. The number of hydrogen-bond acceptors (Lipinski definition) is 3. The largest absolute Gasteiger partial charge is 0.507 e. The van der Waals surface area contributed by atoms with Gasteiger partial charge in [0, 0.05) is 11.6 Å². The van der Waals surface area contributed by atoms with Gasteiger partial charge < -0.3 is 9.84 Å². The van der Waals surface area contributed by atoms with Crippen molar-refractivity contribution in [2.45, 2.75) is 6.92 Å². The van der Waals surface area contributed by atoms with E-state index in [1.165, 1.54) is 12.2 Å². The van der Waals surface area contributed by atoms with Crippen molar-refractivity contribution in [3.63, 3.8) is 0 Å². The molecule has 0 atom stereocenters. The van der Waals surface area contributed by atoms with E-state index in [0.29, 0.717) is 11.3 Å². The van der Waals surface area contributed by atoms with E-state index in [9.17, 15) is 9.90 Å². The Morgan fingerprint density at radius 3 is 2.47 bits per heavy atom. The highest BCUT2D eigenvalue weighted by Crippen LogP contribution is 2.17. The third-order valence-electron chi connectivity index (χ3n) is 2.58. The second kappa shape index (κ2) is 5.87. The summed E-state index contributed by atoms with van der Waals surface area (Å²) in [6, 6.07) is 14.0. The molecule has 3 nitrogen and oxygen atoms in total. The molecule has 0 spiro atoms. The van der Waals surface area contributed by atoms with Crippen molar-refractivity contribution < 1.29 is 14.6 Å². The van der Waals surface area contributed by atoms with Gasteiger partial charge >= 0.3 is 5.97 Å². The van der Waals surface area contributed by atoms with Gasteiger partial charge in [-0.1, -0.05) is 35.9 Å². The smallest absolute Gasteiger partial charge is 0.336 e. The minimum absolute atomic E-state index is 0.127. The Morgan fingerprint density at radius 2 is 1.79 bits per heavy atom. The van der Waals surface area contributed by atoms with Crippen LogP contribution in [0.2, 0.25) is 0 Å². The van der Waals surface area contributed by atoms with E-state index in [4.69, 9.17) is 4.74 Å². The number of hydrogen-bond donors (Lipinski definition) is 1. The van der Waals surface area contributed by atoms with E-state index in [0.717, 1.165) is 5.56 Å². The van der Waals surface area contributed by atoms with Crippen LogP contribution in [0.5, 0.6) is 11.5 Å². The third-order valence-corrected chi connectivity index (χ3v) is 2.58. The molecule has 0 aromatic heterocycles. The monoisotopic (exact) mass is 254 g/mol. The van der Waals surface area contributed by atoms with Crippen LogP contribution in [0.3, 0.4) is 0 Å². The maximum atomic E-state index is 11.6. The minimum Gasteiger partial charge on any atom is -0.507 e. The van der Waals surface area contributed by atoms with Crippen LogP contribution < -0.4 is 4.74 Å². The number of carbonyl (C=O) groups excluding carboxylic acids is 1. The summed E-state index contributed by atoms with van der Waals surface area (Å²) in [5, 5.41) is 9.54. The first-order valence-corrected chi connectivity index (χ1v) is 5.90. The number of aryl methyl sites for hydroxylation is 1. The van der Waals surface area contributed by atoms with Crippen LogP contribution in [-0.2, 0) is 4.79 Å². The molecule has 1 N–H and O–H groups in total. The molecule has 0 aliphatic rings. The number of para-hydroxylation sites is 1. The first-order valence-electron chi connectivity index (χ1n) is 5.90. The average Bonchev–Trinajstić information content (AvgIpc) is 2.40. The van der Waals surface area contributed by atoms with Gasteiger partial charge in [-0.15, -0.1) is 0 Å². The van der Waals surface area contributed by atoms with Crippen LogP contribution in [0.15, 0.2) is 54.6 Å². The number of rotatable bonds is 3. The number of ether oxygens (including phenoxy) is 1. The zero-order chi connectivity index (χ0) is 13.7. The maximum Gasteiger partial charge on any atom is 0.336 e. The van der Waals surface area contributed by atoms with Gasteiger partial charge in [0.05, 0.1) is 0 Å². The summed E-state index contributed by atoms with van der Waals surface area (Å²) in [6.45, 7) is 1.96. The number of benzene rings is 2. The highest BCUT2D eigenvalue weighted by molar-refractivity contribution is 5.89. The molecule has 0 radical (unpaired) electrons. The SMILES string of the molecule is Cc1ccc(OC(=O)C=Cc2ccccc2O)cc1. The number of phenolic OH excluding ortho intramolecular Hbond substituents is 1. The molecule has 0 aliphatic heterocycles. The molecule has 0 saturated carbocycles. The second-order valence-electron chi connectivity index (χ2n) is 4.13. The van der Waals surface area contributed by atoms with Gasteiger partial charge in [0.15, 0.2) is 0 Å². The molecule has 0 amide bonds. The molecule has 96 valence electrons. The summed E-state index contributed by atoms with van der Waals surface area (Å²) < 4.78 is 5.12. The Kier molecular flexibility index (Phi) is 3.98. The summed E-state index contributed by atoms with van der Waals surface area (Å²) >= 11 is 0. The van der Waals surface area contributed by atoms with E-state index < -0.39 is 5.97 Å². The van der Waals surface area contributed by atoms with Gasteiger partial charge in [0.1, 0.15) is 11.5 Å². The number of esters is 1. The van der Waals surface area contributed by atoms with Crippen molar-refractivity contribution in [3.8, 4) is 11.5 Å². The summed E-state index contributed by atoms with van der Waals surface area (Å²) in [6.07, 6.45) is 2.81. The Hall–Kier alpha value is -2.55. The summed E-state index contributed by atoms with van der Waals surface area (Å²) in [5.74, 6) is 0.145. The van der Waals surface area contributed by atoms with Crippen molar-refractivity contribution in [1.29, 1.82) is 0 Å². The third kappa shape index (κ3) is 3.71. The van der Waals surface area contributed by atoms with Crippen molar-refractivity contribution in [3.05, 3.63) is 65.7 Å². The molecule has 0 bridgehead atoms. The normalized spacial score (nSPS) is 10.6. The van der Waals surface area contributed by atoms with E-state index >= 15 is 0 Å². The maximum absolute atomic E-state index is 11.6. The standard InChI is InChI=1S/C16H14O3/c1-12-6-9-14(10-7-12)19-16(18)11-8-13-4-2-3-5-15(13)17/h2-11,17H,1H3. The van der Waals surface area contributed by atoms with Gasteiger partial charge in [0.2, 0.25) is 0 Å². The Bertz CT molecular complexity index is 598. The molecule has 19 heavy (non-hydrogen) atoms. The van der Waals surface area contributed by atoms with Gasteiger partial charge in [-0.25, -0.2) is 4.79 Å². The van der Waals surface area contributed by atoms with Crippen molar-refractivity contribution in [2.24, 2.45) is 0 Å². The lowest BCUT2D eigenvalue weighted by Gasteiger charge is -2.01. The van der Waals surface area contributed by atoms with Crippen LogP contribution >= 0.6 is 0 Å². The molecule has 2 aromatic rings. The predicted octanol–water partition coefficient (Wildman–Crippen LogP) is 3.32. The molecular weight excluding hydrogens is 240 g/mol. The fourth-order valence-electron chi connectivity index (χ4n) is 1.54. The van der Waals surface area contributed by atoms with E-state index in [-0.39, 0.29) is 5.75 Å². The highest BCUT2D eigenvalue weighted by Gasteiger charge is 2.01. The summed E-state index contributed by atoms with van der Waals surface area (Å²) in [4.78, 5) is 11.6. The zero-order valence-corrected chi connectivity index (χ0v) is 10.5.